The van der Waals surface area contributed by atoms with Crippen molar-refractivity contribution in [2.75, 3.05) is 7.11 Å². The summed E-state index contributed by atoms with van der Waals surface area (Å²) in [4.78, 5) is 37.7. The van der Waals surface area contributed by atoms with Gasteiger partial charge in [0.2, 0.25) is 0 Å². The second-order valence-corrected chi connectivity index (χ2v) is 6.49. The first-order chi connectivity index (χ1) is 9.65. The normalized spacial score (nSPS) is 25.2. The third-order valence-corrected chi connectivity index (χ3v) is 3.66. The molecule has 2 atom stereocenters. The predicted octanol–water partition coefficient (Wildman–Crippen LogP) is 2.03. The summed E-state index contributed by atoms with van der Waals surface area (Å²) in [6, 6.07) is -0.800. The second kappa shape index (κ2) is 5.16. The van der Waals surface area contributed by atoms with E-state index in [1.54, 1.807) is 20.8 Å². The van der Waals surface area contributed by atoms with Crippen molar-refractivity contribution in [3.8, 4) is 0 Å². The van der Waals surface area contributed by atoms with E-state index in [4.69, 9.17) is 9.47 Å². The molecule has 6 heteroatoms. The van der Waals surface area contributed by atoms with Crippen LogP contribution in [0.2, 0.25) is 0 Å². The lowest BCUT2D eigenvalue weighted by atomic mass is 10.0. The average molecular weight is 295 g/mol. The molecule has 2 rings (SSSR count). The quantitative estimate of drug-likeness (QED) is 0.692. The summed E-state index contributed by atoms with van der Waals surface area (Å²) in [5.41, 5.74) is 0.496. The highest BCUT2D eigenvalue weighted by molar-refractivity contribution is 6.03. The summed E-state index contributed by atoms with van der Waals surface area (Å²) in [6.07, 6.45) is 0.0653. The number of ketones is 1. The summed E-state index contributed by atoms with van der Waals surface area (Å²) in [5, 5.41) is 0. The summed E-state index contributed by atoms with van der Waals surface area (Å²) >= 11 is 0. The Hall–Kier alpha value is -1.85. The molecule has 1 amide bonds. The van der Waals surface area contributed by atoms with Crippen molar-refractivity contribution in [3.63, 3.8) is 0 Å². The van der Waals surface area contributed by atoms with Gasteiger partial charge in [0.15, 0.2) is 5.78 Å². The van der Waals surface area contributed by atoms with Gasteiger partial charge in [0.05, 0.1) is 7.11 Å². The number of nitrogens with zero attached hydrogens (tertiary/aromatic N) is 1. The number of esters is 1. The number of carbonyl (C=O) groups is 3. The molecule has 0 saturated heterocycles. The Morgan fingerprint density at radius 1 is 1.24 bits per heavy atom. The van der Waals surface area contributed by atoms with E-state index in [9.17, 15) is 14.4 Å². The van der Waals surface area contributed by atoms with Crippen LogP contribution in [0.4, 0.5) is 4.79 Å². The maximum atomic E-state index is 12.4. The first-order valence-corrected chi connectivity index (χ1v) is 7.02. The van der Waals surface area contributed by atoms with E-state index in [2.05, 4.69) is 0 Å². The molecule has 116 valence electrons. The number of likely N-dealkylation sites (tertiary alicyclic amines) is 1. The van der Waals surface area contributed by atoms with Gasteiger partial charge in [0.25, 0.3) is 0 Å². The van der Waals surface area contributed by atoms with Crippen LogP contribution in [0.25, 0.3) is 0 Å². The number of allylic oxidation sites excluding steroid dienone is 1. The summed E-state index contributed by atoms with van der Waals surface area (Å²) in [5.74, 6) is -0.681. The number of rotatable bonds is 1. The van der Waals surface area contributed by atoms with Crippen LogP contribution in [0.1, 0.15) is 40.5 Å². The highest BCUT2D eigenvalue weighted by Gasteiger charge is 2.48. The fourth-order valence-corrected chi connectivity index (χ4v) is 2.75. The van der Waals surface area contributed by atoms with Crippen molar-refractivity contribution in [2.24, 2.45) is 5.92 Å². The van der Waals surface area contributed by atoms with E-state index in [-0.39, 0.29) is 18.1 Å². The Bertz CT molecular complexity index is 529. The minimum atomic E-state index is -0.800. The van der Waals surface area contributed by atoms with Crippen molar-refractivity contribution in [1.29, 1.82) is 0 Å². The number of carbonyl (C=O) groups excluding carboxylic acids is 3. The van der Waals surface area contributed by atoms with Crippen molar-refractivity contribution >= 4 is 17.8 Å². The molecule has 0 bridgehead atoms. The first-order valence-electron chi connectivity index (χ1n) is 7.02. The smallest absolute Gasteiger partial charge is 0.415 e. The molecule has 21 heavy (non-hydrogen) atoms. The Morgan fingerprint density at radius 2 is 1.86 bits per heavy atom. The Labute approximate surface area is 124 Å². The van der Waals surface area contributed by atoms with E-state index in [0.717, 1.165) is 0 Å². The van der Waals surface area contributed by atoms with E-state index in [1.165, 1.54) is 12.0 Å². The zero-order valence-electron chi connectivity index (χ0n) is 13.1. The van der Waals surface area contributed by atoms with Crippen molar-refractivity contribution in [2.45, 2.75) is 52.2 Å². The second-order valence-electron chi connectivity index (χ2n) is 6.49. The summed E-state index contributed by atoms with van der Waals surface area (Å²) < 4.78 is 10.1. The van der Waals surface area contributed by atoms with Gasteiger partial charge in [-0.15, -0.1) is 0 Å². The van der Waals surface area contributed by atoms with Crippen LogP contribution < -0.4 is 0 Å². The molecule has 0 spiro atoms. The topological polar surface area (TPSA) is 72.9 Å². The van der Waals surface area contributed by atoms with Crippen LogP contribution in [0.3, 0.4) is 0 Å². The minimum absolute atomic E-state index is 0.00459. The van der Waals surface area contributed by atoms with Gasteiger partial charge in [-0.3, -0.25) is 9.69 Å². The zero-order chi connectivity index (χ0) is 15.9. The van der Waals surface area contributed by atoms with Gasteiger partial charge >= 0.3 is 12.1 Å². The number of ether oxygens (including phenoxy) is 2. The van der Waals surface area contributed by atoms with Crippen LogP contribution in [-0.2, 0) is 19.1 Å². The molecular formula is C15H21NO5. The van der Waals surface area contributed by atoms with Crippen LogP contribution in [-0.4, -0.2) is 41.5 Å². The van der Waals surface area contributed by atoms with Gasteiger partial charge in [0, 0.05) is 23.6 Å². The molecule has 6 nitrogen and oxygen atoms in total. The van der Waals surface area contributed by atoms with Crippen LogP contribution in [0, 0.1) is 5.92 Å². The molecule has 0 radical (unpaired) electrons. The number of hydrogen-bond acceptors (Lipinski definition) is 5. The monoisotopic (exact) mass is 295 g/mol. The van der Waals surface area contributed by atoms with E-state index in [0.29, 0.717) is 17.7 Å². The lowest BCUT2D eigenvalue weighted by Gasteiger charge is -2.29. The lowest BCUT2D eigenvalue weighted by Crippen LogP contribution is -2.44. The lowest BCUT2D eigenvalue weighted by molar-refractivity contribution is -0.145. The largest absolute Gasteiger partial charge is 0.467 e. The average Bonchev–Trinajstić information content (AvgIpc) is 2.85. The fourth-order valence-electron chi connectivity index (χ4n) is 2.75. The summed E-state index contributed by atoms with van der Waals surface area (Å²) in [6.45, 7) is 7.09. The Morgan fingerprint density at radius 3 is 2.38 bits per heavy atom. The van der Waals surface area contributed by atoms with Gasteiger partial charge in [0.1, 0.15) is 11.6 Å². The maximum Gasteiger partial charge on any atom is 0.415 e. The van der Waals surface area contributed by atoms with Crippen molar-refractivity contribution in [1.82, 2.24) is 4.90 Å². The Balaban J connectivity index is 2.31. The number of Topliss-reactive ketones (excluding diaryl/α,β-unsaturated/α-hetero) is 1. The highest BCUT2D eigenvalue weighted by atomic mass is 16.6. The molecule has 0 fully saturated rings. The van der Waals surface area contributed by atoms with Gasteiger partial charge in [-0.05, 0) is 27.2 Å². The van der Waals surface area contributed by atoms with Gasteiger partial charge in [-0.2, -0.15) is 0 Å². The molecule has 1 aliphatic carbocycles. The fraction of sp³-hybridized carbons (Fsp3) is 0.667. The van der Waals surface area contributed by atoms with Crippen molar-refractivity contribution < 1.29 is 23.9 Å². The third-order valence-electron chi connectivity index (χ3n) is 3.66. The summed E-state index contributed by atoms with van der Waals surface area (Å²) in [7, 11) is 1.27. The van der Waals surface area contributed by atoms with E-state index >= 15 is 0 Å². The third kappa shape index (κ3) is 2.80. The molecule has 1 aliphatic heterocycles. The predicted molar refractivity (Wildman–Crippen MR) is 74.3 cm³/mol. The molecular weight excluding hydrogens is 274 g/mol. The van der Waals surface area contributed by atoms with Crippen molar-refractivity contribution in [3.05, 3.63) is 11.3 Å². The highest BCUT2D eigenvalue weighted by Crippen LogP contribution is 2.41. The first kappa shape index (κ1) is 15.5. The molecule has 2 aliphatic rings. The van der Waals surface area contributed by atoms with Gasteiger partial charge in [-0.25, -0.2) is 9.59 Å². The standard InChI is InChI=1S/C15H21NO5/c1-8-6-10-9(12(8)17)7-11(13(18)20-5)16(10)14(19)21-15(2,3)4/h8,11H,6-7H2,1-5H3/t8-,11+/m1/s1. The zero-order valence-corrected chi connectivity index (χ0v) is 13.1. The molecule has 0 N–H and O–H groups in total. The SMILES string of the molecule is COC(=O)[C@@H]1CC2=C(C[C@@H](C)C2=O)N1C(=O)OC(C)(C)C. The van der Waals surface area contributed by atoms with E-state index < -0.39 is 23.7 Å². The van der Waals surface area contributed by atoms with Gasteiger partial charge in [-0.1, -0.05) is 6.92 Å². The van der Waals surface area contributed by atoms with Crippen LogP contribution in [0.5, 0.6) is 0 Å². The molecule has 1 heterocycles. The molecule has 0 saturated carbocycles. The maximum absolute atomic E-state index is 12.4. The number of amides is 1. The number of hydrogen-bond donors (Lipinski definition) is 0. The molecule has 0 aromatic heterocycles. The van der Waals surface area contributed by atoms with Gasteiger partial charge < -0.3 is 9.47 Å². The molecule has 0 aromatic rings. The Kier molecular flexibility index (Phi) is 3.82. The van der Waals surface area contributed by atoms with Crippen LogP contribution in [0.15, 0.2) is 11.3 Å². The minimum Gasteiger partial charge on any atom is -0.467 e. The molecule has 0 aromatic carbocycles. The molecule has 0 unspecified atom stereocenters. The van der Waals surface area contributed by atoms with E-state index in [1.807, 2.05) is 6.92 Å². The number of methoxy groups -OCH3 is 1. The van der Waals surface area contributed by atoms with Crippen LogP contribution >= 0.6 is 0 Å².